The SMILES string of the molecule is CCN(Cc1ccc(F)c(C)c1)C(C)(C)C(=O)O. The van der Waals surface area contributed by atoms with E-state index < -0.39 is 11.5 Å². The molecule has 0 unspecified atom stereocenters. The summed E-state index contributed by atoms with van der Waals surface area (Å²) in [5, 5.41) is 9.22. The van der Waals surface area contributed by atoms with Gasteiger partial charge in [0.1, 0.15) is 11.4 Å². The predicted octanol–water partition coefficient (Wildman–Crippen LogP) is 2.82. The molecule has 0 aliphatic rings. The highest BCUT2D eigenvalue weighted by Crippen LogP contribution is 2.19. The fraction of sp³-hybridized carbons (Fsp3) is 0.500. The van der Waals surface area contributed by atoms with Crippen LogP contribution in [0, 0.1) is 12.7 Å². The molecule has 3 nitrogen and oxygen atoms in total. The highest BCUT2D eigenvalue weighted by atomic mass is 19.1. The highest BCUT2D eigenvalue weighted by Gasteiger charge is 2.33. The molecule has 0 atom stereocenters. The van der Waals surface area contributed by atoms with Crippen molar-refractivity contribution in [1.29, 1.82) is 0 Å². The van der Waals surface area contributed by atoms with E-state index in [0.717, 1.165) is 5.56 Å². The Hall–Kier alpha value is -1.42. The Morgan fingerprint density at radius 3 is 2.50 bits per heavy atom. The molecular formula is C14H20FNO2. The number of aliphatic carboxylic acids is 1. The quantitative estimate of drug-likeness (QED) is 0.877. The van der Waals surface area contributed by atoms with Gasteiger partial charge in [-0.2, -0.15) is 0 Å². The van der Waals surface area contributed by atoms with Crippen LogP contribution in [0.5, 0.6) is 0 Å². The highest BCUT2D eigenvalue weighted by molar-refractivity contribution is 5.77. The number of carboxylic acids is 1. The number of halogens is 1. The van der Waals surface area contributed by atoms with Crippen molar-refractivity contribution < 1.29 is 14.3 Å². The van der Waals surface area contributed by atoms with Crippen LogP contribution in [0.2, 0.25) is 0 Å². The smallest absolute Gasteiger partial charge is 0.323 e. The second-order valence-electron chi connectivity index (χ2n) is 4.96. The summed E-state index contributed by atoms with van der Waals surface area (Å²) in [6, 6.07) is 4.88. The molecule has 0 spiro atoms. The van der Waals surface area contributed by atoms with Crippen LogP contribution in [0.3, 0.4) is 0 Å². The standard InChI is InChI=1S/C14H20FNO2/c1-5-16(14(3,4)13(17)18)9-11-6-7-12(15)10(2)8-11/h6-8H,5,9H2,1-4H3,(H,17,18). The van der Waals surface area contributed by atoms with E-state index >= 15 is 0 Å². The fourth-order valence-electron chi connectivity index (χ4n) is 1.87. The van der Waals surface area contributed by atoms with E-state index in [1.165, 1.54) is 6.07 Å². The zero-order chi connectivity index (χ0) is 13.9. The Labute approximate surface area is 107 Å². The van der Waals surface area contributed by atoms with Crippen molar-refractivity contribution in [3.05, 3.63) is 35.1 Å². The Morgan fingerprint density at radius 2 is 2.06 bits per heavy atom. The molecule has 4 heteroatoms. The van der Waals surface area contributed by atoms with E-state index in [1.54, 1.807) is 32.9 Å². The van der Waals surface area contributed by atoms with Gasteiger partial charge in [-0.15, -0.1) is 0 Å². The van der Waals surface area contributed by atoms with Crippen LogP contribution in [0.4, 0.5) is 4.39 Å². The van der Waals surface area contributed by atoms with Gasteiger partial charge in [-0.05, 0) is 44.5 Å². The molecule has 0 amide bonds. The maximum atomic E-state index is 13.2. The summed E-state index contributed by atoms with van der Waals surface area (Å²) in [7, 11) is 0. The summed E-state index contributed by atoms with van der Waals surface area (Å²) in [5.41, 5.74) is 0.568. The summed E-state index contributed by atoms with van der Waals surface area (Å²) in [4.78, 5) is 13.1. The monoisotopic (exact) mass is 253 g/mol. The third-order valence-electron chi connectivity index (χ3n) is 3.29. The molecule has 0 saturated heterocycles. The minimum Gasteiger partial charge on any atom is -0.480 e. The van der Waals surface area contributed by atoms with Crippen molar-refractivity contribution in [3.63, 3.8) is 0 Å². The summed E-state index contributed by atoms with van der Waals surface area (Å²) in [6.45, 7) is 8.09. The average Bonchev–Trinajstić information content (AvgIpc) is 2.30. The molecule has 0 saturated carbocycles. The van der Waals surface area contributed by atoms with Crippen LogP contribution in [-0.4, -0.2) is 28.1 Å². The Balaban J connectivity index is 2.93. The molecule has 0 aromatic heterocycles. The molecule has 0 aliphatic carbocycles. The van der Waals surface area contributed by atoms with Gasteiger partial charge in [0.05, 0.1) is 0 Å². The summed E-state index contributed by atoms with van der Waals surface area (Å²) in [6.07, 6.45) is 0. The van der Waals surface area contributed by atoms with Crippen molar-refractivity contribution in [1.82, 2.24) is 4.90 Å². The minimum atomic E-state index is -0.933. The number of aryl methyl sites for hydroxylation is 1. The molecular weight excluding hydrogens is 233 g/mol. The fourth-order valence-corrected chi connectivity index (χ4v) is 1.87. The Kier molecular flexibility index (Phi) is 4.46. The zero-order valence-corrected chi connectivity index (χ0v) is 11.3. The van der Waals surface area contributed by atoms with E-state index in [9.17, 15) is 14.3 Å². The van der Waals surface area contributed by atoms with E-state index in [2.05, 4.69) is 0 Å². The number of carbonyl (C=O) groups is 1. The summed E-state index contributed by atoms with van der Waals surface area (Å²) < 4.78 is 13.2. The molecule has 0 radical (unpaired) electrons. The Bertz CT molecular complexity index is 443. The maximum absolute atomic E-state index is 13.2. The van der Waals surface area contributed by atoms with Crippen molar-refractivity contribution >= 4 is 5.97 Å². The molecule has 1 rings (SSSR count). The van der Waals surface area contributed by atoms with Crippen LogP contribution < -0.4 is 0 Å². The predicted molar refractivity (Wildman–Crippen MR) is 68.9 cm³/mol. The van der Waals surface area contributed by atoms with Gasteiger partial charge in [-0.25, -0.2) is 4.39 Å². The normalized spacial score (nSPS) is 11.9. The van der Waals surface area contributed by atoms with E-state index in [0.29, 0.717) is 18.7 Å². The van der Waals surface area contributed by atoms with Gasteiger partial charge in [-0.1, -0.05) is 19.1 Å². The number of likely N-dealkylation sites (N-methyl/N-ethyl adjacent to an activating group) is 1. The lowest BCUT2D eigenvalue weighted by Gasteiger charge is -2.34. The number of hydrogen-bond donors (Lipinski definition) is 1. The van der Waals surface area contributed by atoms with Crippen LogP contribution in [0.15, 0.2) is 18.2 Å². The van der Waals surface area contributed by atoms with Gasteiger partial charge in [0, 0.05) is 6.54 Å². The van der Waals surface area contributed by atoms with E-state index in [1.807, 2.05) is 11.8 Å². The first-order valence-corrected chi connectivity index (χ1v) is 6.02. The molecule has 0 fully saturated rings. The van der Waals surface area contributed by atoms with E-state index in [-0.39, 0.29) is 5.82 Å². The third-order valence-corrected chi connectivity index (χ3v) is 3.29. The van der Waals surface area contributed by atoms with Gasteiger partial charge in [0.25, 0.3) is 0 Å². The summed E-state index contributed by atoms with van der Waals surface area (Å²) in [5.74, 6) is -1.09. The number of carboxylic acid groups (broad SMARTS) is 1. The van der Waals surface area contributed by atoms with Crippen LogP contribution in [0.1, 0.15) is 31.9 Å². The van der Waals surface area contributed by atoms with Gasteiger partial charge in [0.2, 0.25) is 0 Å². The molecule has 0 aliphatic heterocycles. The second kappa shape index (κ2) is 5.48. The van der Waals surface area contributed by atoms with Gasteiger partial charge < -0.3 is 5.11 Å². The number of rotatable bonds is 5. The number of nitrogens with zero attached hydrogens (tertiary/aromatic N) is 1. The van der Waals surface area contributed by atoms with E-state index in [4.69, 9.17) is 0 Å². The molecule has 18 heavy (non-hydrogen) atoms. The molecule has 0 heterocycles. The lowest BCUT2D eigenvalue weighted by molar-refractivity contribution is -0.149. The molecule has 1 aromatic rings. The van der Waals surface area contributed by atoms with Crippen LogP contribution in [0.25, 0.3) is 0 Å². The molecule has 100 valence electrons. The molecule has 0 bridgehead atoms. The van der Waals surface area contributed by atoms with Crippen molar-refractivity contribution in [2.45, 2.75) is 39.8 Å². The first-order chi connectivity index (χ1) is 8.28. The largest absolute Gasteiger partial charge is 0.480 e. The van der Waals surface area contributed by atoms with Gasteiger partial charge in [-0.3, -0.25) is 9.69 Å². The number of hydrogen-bond acceptors (Lipinski definition) is 2. The lowest BCUT2D eigenvalue weighted by atomic mass is 10.0. The minimum absolute atomic E-state index is 0.237. The number of benzene rings is 1. The first-order valence-electron chi connectivity index (χ1n) is 6.02. The Morgan fingerprint density at radius 1 is 1.44 bits per heavy atom. The second-order valence-corrected chi connectivity index (χ2v) is 4.96. The molecule has 1 aromatic carbocycles. The maximum Gasteiger partial charge on any atom is 0.323 e. The van der Waals surface area contributed by atoms with Crippen LogP contribution in [-0.2, 0) is 11.3 Å². The zero-order valence-electron chi connectivity index (χ0n) is 11.3. The van der Waals surface area contributed by atoms with Crippen molar-refractivity contribution in [3.8, 4) is 0 Å². The molecule has 1 N–H and O–H groups in total. The lowest BCUT2D eigenvalue weighted by Crippen LogP contribution is -2.49. The van der Waals surface area contributed by atoms with Gasteiger partial charge >= 0.3 is 5.97 Å². The van der Waals surface area contributed by atoms with Crippen molar-refractivity contribution in [2.75, 3.05) is 6.54 Å². The van der Waals surface area contributed by atoms with Gasteiger partial charge in [0.15, 0.2) is 0 Å². The topological polar surface area (TPSA) is 40.5 Å². The first kappa shape index (κ1) is 14.6. The van der Waals surface area contributed by atoms with Crippen LogP contribution >= 0.6 is 0 Å². The van der Waals surface area contributed by atoms with Crippen molar-refractivity contribution in [2.24, 2.45) is 0 Å². The average molecular weight is 253 g/mol. The summed E-state index contributed by atoms with van der Waals surface area (Å²) >= 11 is 0. The third kappa shape index (κ3) is 3.07.